The standard InChI is InChI=1S/C13H22N4O7S.C12H20N4O7S/c18-12(15-23-8-9-3-1-2-6-14-9)11-5-4-10-7-16(11)13(19)17(10)24-25(20,21)22;17-11(14-22-7-8-2-1-5-13-8)10-4-3-9-6-15(10)12(18)16(9)23-24(19,20)21/h9-11,14H,1-8H2,(H,15,18)(H,20,21,22);8-10,13H,1-7H2,(H,14,17)(H,19,20,21)/t9?,10-,11+;8?,9-,10+/m11/s1. The molecule has 6 aliphatic heterocycles. The molecule has 4 bridgehead atoms. The predicted octanol–water partition coefficient (Wildman–Crippen LogP) is -2.03. The summed E-state index contributed by atoms with van der Waals surface area (Å²) in [6.07, 6.45) is 6.71. The molecule has 6 N–H and O–H groups in total. The van der Waals surface area contributed by atoms with Gasteiger partial charge in [-0.1, -0.05) is 6.42 Å². The first-order chi connectivity index (χ1) is 23.2. The summed E-state index contributed by atoms with van der Waals surface area (Å²) in [7, 11) is -9.59. The summed E-state index contributed by atoms with van der Waals surface area (Å²) >= 11 is 0. The highest BCUT2D eigenvalue weighted by molar-refractivity contribution is 7.81. The Labute approximate surface area is 282 Å². The number of nitrogens with zero attached hydrogens (tertiary/aromatic N) is 4. The Bertz CT molecular complexity index is 1440. The summed E-state index contributed by atoms with van der Waals surface area (Å²) in [4.78, 5) is 61.8. The first kappa shape index (κ1) is 37.3. The van der Waals surface area contributed by atoms with Crippen molar-refractivity contribution in [2.75, 3.05) is 39.4 Å². The van der Waals surface area contributed by atoms with E-state index in [0.29, 0.717) is 49.0 Å². The van der Waals surface area contributed by atoms with E-state index in [9.17, 15) is 36.0 Å². The quantitative estimate of drug-likeness (QED) is 0.0929. The van der Waals surface area contributed by atoms with Crippen LogP contribution < -0.4 is 21.6 Å². The Morgan fingerprint density at radius 2 is 1.10 bits per heavy atom. The van der Waals surface area contributed by atoms with E-state index in [2.05, 4.69) is 30.2 Å². The van der Waals surface area contributed by atoms with Crippen LogP contribution in [-0.2, 0) is 48.6 Å². The van der Waals surface area contributed by atoms with Gasteiger partial charge in [0.25, 0.3) is 11.8 Å². The fraction of sp³-hybridized carbons (Fsp3) is 0.840. The summed E-state index contributed by atoms with van der Waals surface area (Å²) in [5, 5.41) is 7.73. The van der Waals surface area contributed by atoms with Crippen LogP contribution in [-0.4, -0.2) is 145 Å². The van der Waals surface area contributed by atoms with Crippen LogP contribution in [0.3, 0.4) is 0 Å². The number of piperidine rings is 3. The minimum atomic E-state index is -4.80. The molecule has 0 radical (unpaired) electrons. The Morgan fingerprint density at radius 1 is 0.673 bits per heavy atom. The molecule has 0 aromatic rings. The number of nitrogens with one attached hydrogen (secondary N) is 4. The molecule has 6 amide bonds. The highest BCUT2D eigenvalue weighted by Gasteiger charge is 2.50. The average molecular weight is 743 g/mol. The van der Waals surface area contributed by atoms with Gasteiger partial charge in [0.05, 0.1) is 25.3 Å². The molecule has 0 aromatic heterocycles. The van der Waals surface area contributed by atoms with Crippen molar-refractivity contribution in [3.63, 3.8) is 0 Å². The zero-order valence-electron chi connectivity index (χ0n) is 26.5. The zero-order chi connectivity index (χ0) is 35.3. The predicted molar refractivity (Wildman–Crippen MR) is 162 cm³/mol. The molecule has 2 unspecified atom stereocenters. The SMILES string of the molecule is O=C(NOCC1CCCCN1)[C@@H]1CC[C@@H]2CN1C(=O)N2OS(=O)(=O)O.O=C(NOCC1CCCN1)[C@@H]1CC[C@@H]2CN1C(=O)N2OS(=O)(=O)O. The smallest absolute Gasteiger partial charge is 0.312 e. The molecule has 22 nitrogen and oxygen atoms in total. The molecule has 0 aromatic carbocycles. The third-order valence-electron chi connectivity index (χ3n) is 9.09. The molecule has 0 saturated carbocycles. The number of fused-ring (bicyclic) bond motifs is 4. The van der Waals surface area contributed by atoms with Crippen molar-refractivity contribution in [1.82, 2.24) is 41.5 Å². The minimum Gasteiger partial charge on any atom is -0.312 e. The second-order valence-electron chi connectivity index (χ2n) is 12.5. The Morgan fingerprint density at radius 3 is 1.49 bits per heavy atom. The molecular formula is C25H42N8O14S2. The molecule has 6 heterocycles. The van der Waals surface area contributed by atoms with E-state index in [1.54, 1.807) is 0 Å². The number of rotatable bonds is 12. The highest BCUT2D eigenvalue weighted by Crippen LogP contribution is 2.32. The summed E-state index contributed by atoms with van der Waals surface area (Å²) in [5.41, 5.74) is 4.71. The fourth-order valence-electron chi connectivity index (χ4n) is 6.74. The summed E-state index contributed by atoms with van der Waals surface area (Å²) in [5.74, 6) is -0.926. The van der Waals surface area contributed by atoms with Crippen molar-refractivity contribution in [1.29, 1.82) is 0 Å². The normalized spacial score (nSPS) is 29.9. The first-order valence-corrected chi connectivity index (χ1v) is 18.8. The third kappa shape index (κ3) is 9.86. The first-order valence-electron chi connectivity index (χ1n) is 16.0. The maximum atomic E-state index is 12.3. The van der Waals surface area contributed by atoms with Gasteiger partial charge in [-0.05, 0) is 64.5 Å². The van der Waals surface area contributed by atoms with E-state index in [4.69, 9.17) is 18.8 Å². The molecule has 24 heteroatoms. The van der Waals surface area contributed by atoms with Crippen LogP contribution in [0.5, 0.6) is 0 Å². The number of carbonyl (C=O) groups excluding carboxylic acids is 4. The van der Waals surface area contributed by atoms with Crippen LogP contribution in [0.1, 0.15) is 57.8 Å². The van der Waals surface area contributed by atoms with Crippen molar-refractivity contribution in [2.24, 2.45) is 0 Å². The summed E-state index contributed by atoms with van der Waals surface area (Å²) < 4.78 is 69.4. The van der Waals surface area contributed by atoms with Crippen molar-refractivity contribution >= 4 is 44.7 Å². The number of hydrogen-bond donors (Lipinski definition) is 6. The van der Waals surface area contributed by atoms with Crippen molar-refractivity contribution in [2.45, 2.75) is 94.0 Å². The maximum absolute atomic E-state index is 12.3. The molecule has 0 spiro atoms. The van der Waals surface area contributed by atoms with Gasteiger partial charge in [0.15, 0.2) is 0 Å². The Kier molecular flexibility index (Phi) is 12.1. The van der Waals surface area contributed by atoms with E-state index < -0.39 is 68.8 Å². The Balaban J connectivity index is 0.000000191. The topological polar surface area (TPSA) is 275 Å². The van der Waals surface area contributed by atoms with Crippen LogP contribution in [0.2, 0.25) is 0 Å². The second-order valence-corrected chi connectivity index (χ2v) is 14.5. The summed E-state index contributed by atoms with van der Waals surface area (Å²) in [6, 6.07) is -3.72. The van der Waals surface area contributed by atoms with E-state index in [0.717, 1.165) is 45.2 Å². The Hall–Kier alpha value is -2.94. The average Bonchev–Trinajstić information content (AvgIpc) is 3.71. The van der Waals surface area contributed by atoms with Gasteiger partial charge in [-0.15, -0.1) is 8.57 Å². The van der Waals surface area contributed by atoms with Crippen LogP contribution >= 0.6 is 0 Å². The molecular weight excluding hydrogens is 700 g/mol. The number of urea groups is 2. The second kappa shape index (κ2) is 15.9. The van der Waals surface area contributed by atoms with Crippen LogP contribution in [0.25, 0.3) is 0 Å². The van der Waals surface area contributed by atoms with Gasteiger partial charge in [-0.25, -0.2) is 20.5 Å². The zero-order valence-corrected chi connectivity index (χ0v) is 28.1. The van der Waals surface area contributed by atoms with Gasteiger partial charge in [0, 0.05) is 25.2 Å². The van der Waals surface area contributed by atoms with Crippen molar-refractivity contribution < 1.29 is 63.4 Å². The molecule has 278 valence electrons. The number of carbonyl (C=O) groups is 4. The van der Waals surface area contributed by atoms with Gasteiger partial charge in [0.2, 0.25) is 0 Å². The van der Waals surface area contributed by atoms with E-state index >= 15 is 0 Å². The van der Waals surface area contributed by atoms with Gasteiger partial charge in [-0.3, -0.25) is 28.4 Å². The van der Waals surface area contributed by atoms with Crippen LogP contribution in [0, 0.1) is 0 Å². The number of amides is 6. The van der Waals surface area contributed by atoms with Gasteiger partial charge in [0.1, 0.15) is 12.1 Å². The molecule has 6 saturated heterocycles. The lowest BCUT2D eigenvalue weighted by Crippen LogP contribution is -2.50. The minimum absolute atomic E-state index is 0.149. The van der Waals surface area contributed by atoms with Gasteiger partial charge in [-0.2, -0.15) is 27.0 Å². The molecule has 6 fully saturated rings. The third-order valence-corrected chi connectivity index (χ3v) is 9.79. The van der Waals surface area contributed by atoms with Gasteiger partial charge >= 0.3 is 32.9 Å². The lowest BCUT2D eigenvalue weighted by atomic mass is 10.0. The maximum Gasteiger partial charge on any atom is 0.418 e. The van der Waals surface area contributed by atoms with Crippen molar-refractivity contribution in [3.8, 4) is 0 Å². The molecule has 0 aliphatic carbocycles. The van der Waals surface area contributed by atoms with Crippen molar-refractivity contribution in [3.05, 3.63) is 0 Å². The lowest BCUT2D eigenvalue weighted by Gasteiger charge is -2.29. The monoisotopic (exact) mass is 742 g/mol. The van der Waals surface area contributed by atoms with Gasteiger partial charge < -0.3 is 20.4 Å². The number of hydrogen-bond acceptors (Lipinski definition) is 14. The summed E-state index contributed by atoms with van der Waals surface area (Å²) in [6.45, 7) is 2.84. The largest absolute Gasteiger partial charge is 0.418 e. The van der Waals surface area contributed by atoms with Crippen LogP contribution in [0.15, 0.2) is 0 Å². The fourth-order valence-corrected chi connectivity index (χ4v) is 7.51. The lowest BCUT2D eigenvalue weighted by molar-refractivity contribution is -0.140. The number of hydroxylamine groups is 6. The van der Waals surface area contributed by atoms with E-state index in [1.165, 1.54) is 9.80 Å². The molecule has 49 heavy (non-hydrogen) atoms. The highest BCUT2D eigenvalue weighted by atomic mass is 32.3. The molecule has 6 rings (SSSR count). The molecule has 6 atom stereocenters. The van der Waals surface area contributed by atoms with Crippen LogP contribution in [0.4, 0.5) is 9.59 Å². The van der Waals surface area contributed by atoms with E-state index in [1.807, 2.05) is 0 Å². The molecule has 6 aliphatic rings. The van der Waals surface area contributed by atoms with E-state index in [-0.39, 0.29) is 25.2 Å².